The Morgan fingerprint density at radius 1 is 1.07 bits per heavy atom. The van der Waals surface area contributed by atoms with Crippen LogP contribution in [0.15, 0.2) is 48.5 Å². The zero-order valence-electron chi connectivity index (χ0n) is 17.7. The average molecular weight is 415 g/mol. The maximum atomic E-state index is 12.3. The molecular weight excluding hydrogens is 386 g/mol. The van der Waals surface area contributed by atoms with Gasteiger partial charge < -0.3 is 30.5 Å². The standard InChI is InChI=1S/C22H29N3O5/c1-22(2,3)30-21(28)25-18(17-10-5-6-11-19(17)29-4)14-24-20(27)23-13-15-8-7-9-16(26)12-15/h5-12,18,26H,13-14H2,1-4H3,(H,25,28)(H2,23,24,27)/t18-/m0/s1. The van der Waals surface area contributed by atoms with E-state index in [4.69, 9.17) is 9.47 Å². The molecule has 0 fully saturated rings. The van der Waals surface area contributed by atoms with Crippen LogP contribution in [0.25, 0.3) is 0 Å². The number of para-hydroxylation sites is 1. The molecule has 0 aliphatic carbocycles. The summed E-state index contributed by atoms with van der Waals surface area (Å²) in [6, 6.07) is 12.9. The maximum absolute atomic E-state index is 12.3. The van der Waals surface area contributed by atoms with E-state index in [1.165, 1.54) is 0 Å². The van der Waals surface area contributed by atoms with E-state index in [-0.39, 0.29) is 18.8 Å². The molecule has 2 aromatic rings. The van der Waals surface area contributed by atoms with Crippen LogP contribution in [0.2, 0.25) is 0 Å². The van der Waals surface area contributed by atoms with Crippen molar-refractivity contribution >= 4 is 12.1 Å². The molecule has 1 atom stereocenters. The fourth-order valence-electron chi connectivity index (χ4n) is 2.75. The summed E-state index contributed by atoms with van der Waals surface area (Å²) >= 11 is 0. The van der Waals surface area contributed by atoms with Gasteiger partial charge in [0.25, 0.3) is 0 Å². The molecule has 3 amide bonds. The summed E-state index contributed by atoms with van der Waals surface area (Å²) in [6.07, 6.45) is -0.597. The van der Waals surface area contributed by atoms with Crippen LogP contribution in [0.1, 0.15) is 37.9 Å². The minimum Gasteiger partial charge on any atom is -0.508 e. The second-order valence-corrected chi connectivity index (χ2v) is 7.67. The van der Waals surface area contributed by atoms with E-state index in [0.717, 1.165) is 5.56 Å². The van der Waals surface area contributed by atoms with Gasteiger partial charge in [0.1, 0.15) is 17.1 Å². The number of phenols is 1. The van der Waals surface area contributed by atoms with E-state index in [2.05, 4.69) is 16.0 Å². The van der Waals surface area contributed by atoms with E-state index in [9.17, 15) is 14.7 Å². The SMILES string of the molecule is COc1ccccc1[C@H](CNC(=O)NCc1cccc(O)c1)NC(=O)OC(C)(C)C. The van der Waals surface area contributed by atoms with Crippen LogP contribution in [0, 0.1) is 0 Å². The molecule has 8 nitrogen and oxygen atoms in total. The van der Waals surface area contributed by atoms with Gasteiger partial charge in [-0.25, -0.2) is 9.59 Å². The monoisotopic (exact) mass is 415 g/mol. The van der Waals surface area contributed by atoms with Gasteiger partial charge in [0, 0.05) is 18.7 Å². The second-order valence-electron chi connectivity index (χ2n) is 7.67. The number of hydrogen-bond donors (Lipinski definition) is 4. The minimum atomic E-state index is -0.651. The van der Waals surface area contributed by atoms with Crippen LogP contribution in [-0.2, 0) is 11.3 Å². The van der Waals surface area contributed by atoms with Crippen LogP contribution in [0.4, 0.5) is 9.59 Å². The summed E-state index contributed by atoms with van der Waals surface area (Å²) in [5, 5.41) is 17.8. The van der Waals surface area contributed by atoms with Crippen LogP contribution in [0.3, 0.4) is 0 Å². The summed E-state index contributed by atoms with van der Waals surface area (Å²) in [6.45, 7) is 5.69. The Balaban J connectivity index is 2.03. The highest BCUT2D eigenvalue weighted by Crippen LogP contribution is 2.25. The minimum absolute atomic E-state index is 0.117. The Kier molecular flexibility index (Phi) is 7.91. The number of aromatic hydroxyl groups is 1. The first kappa shape index (κ1) is 22.9. The number of carbonyl (C=O) groups excluding carboxylic acids is 2. The lowest BCUT2D eigenvalue weighted by Crippen LogP contribution is -2.43. The Labute approximate surface area is 176 Å². The topological polar surface area (TPSA) is 109 Å². The zero-order valence-corrected chi connectivity index (χ0v) is 17.7. The van der Waals surface area contributed by atoms with E-state index < -0.39 is 23.8 Å². The quantitative estimate of drug-likeness (QED) is 0.554. The molecule has 0 heterocycles. The number of phenolic OH excluding ortho intramolecular Hbond substituents is 1. The van der Waals surface area contributed by atoms with Crippen LogP contribution >= 0.6 is 0 Å². The molecule has 4 N–H and O–H groups in total. The summed E-state index contributed by atoms with van der Waals surface area (Å²) in [5.74, 6) is 0.716. The molecule has 0 saturated carbocycles. The molecule has 0 radical (unpaired) electrons. The van der Waals surface area contributed by atoms with Gasteiger partial charge in [-0.3, -0.25) is 0 Å². The van der Waals surface area contributed by atoms with Gasteiger partial charge in [0.15, 0.2) is 0 Å². The van der Waals surface area contributed by atoms with Crippen LogP contribution in [0.5, 0.6) is 11.5 Å². The smallest absolute Gasteiger partial charge is 0.408 e. The second kappa shape index (κ2) is 10.4. The van der Waals surface area contributed by atoms with Crippen LogP contribution < -0.4 is 20.7 Å². The lowest BCUT2D eigenvalue weighted by molar-refractivity contribution is 0.0503. The van der Waals surface area contributed by atoms with E-state index in [1.54, 1.807) is 58.2 Å². The first-order valence-corrected chi connectivity index (χ1v) is 9.60. The highest BCUT2D eigenvalue weighted by molar-refractivity contribution is 5.74. The number of ether oxygens (including phenoxy) is 2. The van der Waals surface area contributed by atoms with Crippen molar-refractivity contribution in [1.29, 1.82) is 0 Å². The van der Waals surface area contributed by atoms with Crippen molar-refractivity contribution in [3.8, 4) is 11.5 Å². The molecule has 0 aliphatic heterocycles. The molecule has 2 rings (SSSR count). The summed E-state index contributed by atoms with van der Waals surface area (Å²) in [7, 11) is 1.54. The molecule has 0 aliphatic rings. The van der Waals surface area contributed by atoms with Crippen molar-refractivity contribution in [1.82, 2.24) is 16.0 Å². The lowest BCUT2D eigenvalue weighted by atomic mass is 10.1. The Morgan fingerprint density at radius 2 is 1.80 bits per heavy atom. The predicted octanol–water partition coefficient (Wildman–Crippen LogP) is 3.47. The van der Waals surface area contributed by atoms with Gasteiger partial charge >= 0.3 is 12.1 Å². The molecular formula is C22H29N3O5. The molecule has 0 bridgehead atoms. The number of urea groups is 1. The van der Waals surface area contributed by atoms with Gasteiger partial charge in [-0.2, -0.15) is 0 Å². The summed E-state index contributed by atoms with van der Waals surface area (Å²) < 4.78 is 10.7. The van der Waals surface area contributed by atoms with Gasteiger partial charge in [-0.05, 0) is 44.5 Å². The van der Waals surface area contributed by atoms with Gasteiger partial charge in [-0.1, -0.05) is 30.3 Å². The molecule has 2 aromatic carbocycles. The zero-order chi connectivity index (χ0) is 22.1. The maximum Gasteiger partial charge on any atom is 0.408 e. The number of methoxy groups -OCH3 is 1. The predicted molar refractivity (Wildman–Crippen MR) is 113 cm³/mol. The van der Waals surface area contributed by atoms with Crippen molar-refractivity contribution in [2.75, 3.05) is 13.7 Å². The third-order valence-corrected chi connectivity index (χ3v) is 4.04. The number of amides is 3. The van der Waals surface area contributed by atoms with Crippen molar-refractivity contribution in [3.05, 3.63) is 59.7 Å². The molecule has 0 unspecified atom stereocenters. The molecule has 0 saturated heterocycles. The Morgan fingerprint density at radius 3 is 2.47 bits per heavy atom. The Bertz CT molecular complexity index is 864. The van der Waals surface area contributed by atoms with Crippen molar-refractivity contribution < 1.29 is 24.2 Å². The highest BCUT2D eigenvalue weighted by atomic mass is 16.6. The third kappa shape index (κ3) is 7.54. The van der Waals surface area contributed by atoms with E-state index in [0.29, 0.717) is 11.3 Å². The number of rotatable bonds is 7. The number of nitrogens with one attached hydrogen (secondary N) is 3. The third-order valence-electron chi connectivity index (χ3n) is 4.04. The fraction of sp³-hybridized carbons (Fsp3) is 0.364. The number of hydrogen-bond acceptors (Lipinski definition) is 5. The lowest BCUT2D eigenvalue weighted by Gasteiger charge is -2.25. The fourth-order valence-corrected chi connectivity index (χ4v) is 2.75. The molecule has 0 spiro atoms. The summed E-state index contributed by atoms with van der Waals surface area (Å²) in [4.78, 5) is 24.5. The normalized spacial score (nSPS) is 11.9. The number of carbonyl (C=O) groups is 2. The Hall–Kier alpha value is -3.42. The first-order valence-electron chi connectivity index (χ1n) is 9.60. The van der Waals surface area contributed by atoms with E-state index >= 15 is 0 Å². The van der Waals surface area contributed by atoms with Gasteiger partial charge in [-0.15, -0.1) is 0 Å². The molecule has 30 heavy (non-hydrogen) atoms. The van der Waals surface area contributed by atoms with Crippen LogP contribution in [-0.4, -0.2) is 36.5 Å². The first-order chi connectivity index (χ1) is 14.2. The van der Waals surface area contributed by atoms with E-state index in [1.807, 2.05) is 18.2 Å². The van der Waals surface area contributed by atoms with Gasteiger partial charge in [0.2, 0.25) is 0 Å². The van der Waals surface area contributed by atoms with Crippen molar-refractivity contribution in [3.63, 3.8) is 0 Å². The molecule has 0 aromatic heterocycles. The molecule has 162 valence electrons. The van der Waals surface area contributed by atoms with Gasteiger partial charge in [0.05, 0.1) is 13.2 Å². The highest BCUT2D eigenvalue weighted by Gasteiger charge is 2.23. The molecule has 8 heteroatoms. The summed E-state index contributed by atoms with van der Waals surface area (Å²) in [5.41, 5.74) is 0.819. The number of alkyl carbamates (subject to hydrolysis) is 1. The van der Waals surface area contributed by atoms with Crippen molar-refractivity contribution in [2.24, 2.45) is 0 Å². The largest absolute Gasteiger partial charge is 0.508 e. The van der Waals surface area contributed by atoms with Crippen molar-refractivity contribution in [2.45, 2.75) is 39.0 Å². The average Bonchev–Trinajstić information content (AvgIpc) is 2.68. The number of benzene rings is 2.